The van der Waals surface area contributed by atoms with E-state index in [4.69, 9.17) is 32.7 Å². The number of aromatic nitrogens is 2. The van der Waals surface area contributed by atoms with Crippen LogP contribution in [-0.4, -0.2) is 23.2 Å². The van der Waals surface area contributed by atoms with Gasteiger partial charge in [-0.05, 0) is 12.1 Å². The van der Waals surface area contributed by atoms with E-state index in [1.54, 1.807) is 18.2 Å². The van der Waals surface area contributed by atoms with E-state index >= 15 is 0 Å². The lowest BCUT2D eigenvalue weighted by Crippen LogP contribution is -2.25. The van der Waals surface area contributed by atoms with Gasteiger partial charge in [0, 0.05) is 0 Å². The van der Waals surface area contributed by atoms with E-state index in [0.717, 1.165) is 4.68 Å². The van der Waals surface area contributed by atoms with Crippen molar-refractivity contribution in [3.63, 3.8) is 0 Å². The van der Waals surface area contributed by atoms with Crippen LogP contribution >= 0.6 is 23.2 Å². The Bertz CT molecular complexity index is 731. The van der Waals surface area contributed by atoms with Gasteiger partial charge in [-0.3, -0.25) is 9.59 Å². The number of aldehydes is 1. The SMILES string of the molecule is COc1cccc(C=O)c1OCn1ncc(Cl)c(Cl)c1=O. The van der Waals surface area contributed by atoms with Crippen LogP contribution < -0.4 is 15.0 Å². The number of methoxy groups -OCH3 is 1. The van der Waals surface area contributed by atoms with Crippen LogP contribution in [0, 0.1) is 0 Å². The Morgan fingerprint density at radius 2 is 2.14 bits per heavy atom. The first kappa shape index (κ1) is 15.3. The molecule has 0 unspecified atom stereocenters. The summed E-state index contributed by atoms with van der Waals surface area (Å²) < 4.78 is 11.5. The van der Waals surface area contributed by atoms with Crippen LogP contribution in [0.2, 0.25) is 10.0 Å². The number of ether oxygens (including phenoxy) is 2. The largest absolute Gasteiger partial charge is 0.493 e. The van der Waals surface area contributed by atoms with Crippen LogP contribution in [0.1, 0.15) is 10.4 Å². The van der Waals surface area contributed by atoms with E-state index in [1.807, 2.05) is 0 Å². The third kappa shape index (κ3) is 3.17. The molecule has 0 amide bonds. The third-order valence-corrected chi connectivity index (χ3v) is 3.38. The highest BCUT2D eigenvalue weighted by atomic mass is 35.5. The maximum absolute atomic E-state index is 11.8. The second-order valence-electron chi connectivity index (χ2n) is 3.88. The molecule has 0 aliphatic carbocycles. The molecule has 21 heavy (non-hydrogen) atoms. The maximum atomic E-state index is 11.8. The maximum Gasteiger partial charge on any atom is 0.290 e. The second-order valence-corrected chi connectivity index (χ2v) is 4.67. The molecule has 0 radical (unpaired) electrons. The van der Waals surface area contributed by atoms with Gasteiger partial charge in [0.05, 0.1) is 23.9 Å². The van der Waals surface area contributed by atoms with Gasteiger partial charge in [0.25, 0.3) is 5.56 Å². The fourth-order valence-corrected chi connectivity index (χ4v) is 1.87. The zero-order valence-electron chi connectivity index (χ0n) is 10.9. The number of benzene rings is 1. The minimum Gasteiger partial charge on any atom is -0.493 e. The van der Waals surface area contributed by atoms with Crippen molar-refractivity contribution in [1.82, 2.24) is 9.78 Å². The smallest absolute Gasteiger partial charge is 0.290 e. The first-order valence-corrected chi connectivity index (χ1v) is 6.50. The van der Waals surface area contributed by atoms with Crippen LogP contribution in [0.5, 0.6) is 11.5 Å². The molecule has 6 nitrogen and oxygen atoms in total. The summed E-state index contributed by atoms with van der Waals surface area (Å²) in [5, 5.41) is 3.71. The molecule has 0 fully saturated rings. The van der Waals surface area contributed by atoms with Crippen LogP contribution in [0.3, 0.4) is 0 Å². The van der Waals surface area contributed by atoms with Gasteiger partial charge >= 0.3 is 0 Å². The fourth-order valence-electron chi connectivity index (χ4n) is 1.60. The van der Waals surface area contributed by atoms with Crippen molar-refractivity contribution < 1.29 is 14.3 Å². The van der Waals surface area contributed by atoms with Crippen molar-refractivity contribution in [3.05, 3.63) is 50.4 Å². The summed E-state index contributed by atoms with van der Waals surface area (Å²) >= 11 is 11.4. The molecule has 0 saturated heterocycles. The molecule has 8 heteroatoms. The van der Waals surface area contributed by atoms with Gasteiger partial charge in [0.2, 0.25) is 0 Å². The Morgan fingerprint density at radius 3 is 2.81 bits per heavy atom. The lowest BCUT2D eigenvalue weighted by molar-refractivity contribution is 0.111. The van der Waals surface area contributed by atoms with Gasteiger partial charge < -0.3 is 9.47 Å². The molecule has 0 bridgehead atoms. The topological polar surface area (TPSA) is 70.4 Å². The highest BCUT2D eigenvalue weighted by molar-refractivity contribution is 6.41. The summed E-state index contributed by atoms with van der Waals surface area (Å²) in [6.07, 6.45) is 1.86. The van der Waals surface area contributed by atoms with Gasteiger partial charge in [-0.25, -0.2) is 0 Å². The summed E-state index contributed by atoms with van der Waals surface area (Å²) in [5.41, 5.74) is -0.297. The third-order valence-electron chi connectivity index (χ3n) is 2.63. The lowest BCUT2D eigenvalue weighted by atomic mass is 10.2. The minimum atomic E-state index is -0.591. The first-order chi connectivity index (χ1) is 10.1. The molecule has 1 aromatic carbocycles. The quantitative estimate of drug-likeness (QED) is 0.788. The molecule has 0 N–H and O–H groups in total. The number of nitrogens with zero attached hydrogens (tertiary/aromatic N) is 2. The van der Waals surface area contributed by atoms with E-state index in [2.05, 4.69) is 5.10 Å². The zero-order valence-corrected chi connectivity index (χ0v) is 12.4. The molecular formula is C13H10Cl2N2O4. The average Bonchev–Trinajstić information content (AvgIpc) is 2.51. The Morgan fingerprint density at radius 1 is 1.38 bits per heavy atom. The molecule has 0 aliphatic heterocycles. The zero-order chi connectivity index (χ0) is 15.4. The number of rotatable bonds is 5. The Hall–Kier alpha value is -2.05. The normalized spacial score (nSPS) is 10.2. The molecule has 1 aromatic heterocycles. The van der Waals surface area contributed by atoms with E-state index in [1.165, 1.54) is 13.3 Å². The van der Waals surface area contributed by atoms with Crippen LogP contribution in [0.25, 0.3) is 0 Å². The predicted molar refractivity (Wildman–Crippen MR) is 77.5 cm³/mol. The Labute approximate surface area is 129 Å². The number of para-hydroxylation sites is 1. The summed E-state index contributed by atoms with van der Waals surface area (Å²) in [6, 6.07) is 4.85. The summed E-state index contributed by atoms with van der Waals surface area (Å²) in [5.74, 6) is 0.586. The molecule has 0 spiro atoms. The lowest BCUT2D eigenvalue weighted by Gasteiger charge is -2.13. The molecule has 2 rings (SSSR count). The van der Waals surface area contributed by atoms with E-state index < -0.39 is 5.56 Å². The van der Waals surface area contributed by atoms with E-state index in [0.29, 0.717) is 17.6 Å². The van der Waals surface area contributed by atoms with Crippen molar-refractivity contribution >= 4 is 29.5 Å². The second kappa shape index (κ2) is 6.60. The van der Waals surface area contributed by atoms with Crippen LogP contribution in [0.15, 0.2) is 29.2 Å². The summed E-state index contributed by atoms with van der Waals surface area (Å²) in [7, 11) is 1.44. The van der Waals surface area contributed by atoms with Crippen LogP contribution in [-0.2, 0) is 6.73 Å². The van der Waals surface area contributed by atoms with Crippen molar-refractivity contribution in [2.45, 2.75) is 6.73 Å². The van der Waals surface area contributed by atoms with Crippen molar-refractivity contribution in [2.75, 3.05) is 7.11 Å². The fraction of sp³-hybridized carbons (Fsp3) is 0.154. The van der Waals surface area contributed by atoms with Gasteiger partial charge in [-0.15, -0.1) is 0 Å². The van der Waals surface area contributed by atoms with Crippen LogP contribution in [0.4, 0.5) is 0 Å². The Balaban J connectivity index is 2.31. The summed E-state index contributed by atoms with van der Waals surface area (Å²) in [4.78, 5) is 22.8. The average molecular weight is 329 g/mol. The van der Waals surface area contributed by atoms with E-state index in [-0.39, 0.29) is 22.5 Å². The molecule has 2 aromatic rings. The van der Waals surface area contributed by atoms with Crippen molar-refractivity contribution in [2.24, 2.45) is 0 Å². The van der Waals surface area contributed by atoms with Crippen molar-refractivity contribution in [3.8, 4) is 11.5 Å². The number of carbonyl (C=O) groups is 1. The van der Waals surface area contributed by atoms with Gasteiger partial charge in [-0.2, -0.15) is 9.78 Å². The molecule has 0 atom stereocenters. The number of hydrogen-bond donors (Lipinski definition) is 0. The molecule has 110 valence electrons. The van der Waals surface area contributed by atoms with Gasteiger partial charge in [0.1, 0.15) is 5.02 Å². The first-order valence-electron chi connectivity index (χ1n) is 5.74. The Kier molecular flexibility index (Phi) is 4.82. The molecule has 1 heterocycles. The highest BCUT2D eigenvalue weighted by Crippen LogP contribution is 2.30. The van der Waals surface area contributed by atoms with Gasteiger partial charge in [0.15, 0.2) is 24.5 Å². The van der Waals surface area contributed by atoms with Crippen molar-refractivity contribution in [1.29, 1.82) is 0 Å². The standard InChI is InChI=1S/C13H10Cl2N2O4/c1-20-10-4-2-3-8(6-18)12(10)21-7-17-13(19)11(15)9(14)5-16-17/h2-6H,7H2,1H3. The van der Waals surface area contributed by atoms with Gasteiger partial charge in [-0.1, -0.05) is 29.3 Å². The summed E-state index contributed by atoms with van der Waals surface area (Å²) in [6.45, 7) is -0.239. The van der Waals surface area contributed by atoms with E-state index in [9.17, 15) is 9.59 Å². The predicted octanol–water partition coefficient (Wildman–Crippen LogP) is 2.41. The molecule has 0 aliphatic rings. The molecular weight excluding hydrogens is 319 g/mol. The highest BCUT2D eigenvalue weighted by Gasteiger charge is 2.12. The number of hydrogen-bond acceptors (Lipinski definition) is 5. The minimum absolute atomic E-state index is 0.0591. The molecule has 0 saturated carbocycles. The number of carbonyl (C=O) groups excluding carboxylic acids is 1. The monoisotopic (exact) mass is 328 g/mol. The number of halogens is 2.